The molecule has 2 aliphatic rings. The molecule has 1 unspecified atom stereocenters. The number of likely N-dealkylation sites (tertiary alicyclic amines) is 1. The molecule has 0 bridgehead atoms. The molecule has 0 aromatic rings. The summed E-state index contributed by atoms with van der Waals surface area (Å²) in [5, 5.41) is 0. The summed E-state index contributed by atoms with van der Waals surface area (Å²) in [6.45, 7) is 7.61. The summed E-state index contributed by atoms with van der Waals surface area (Å²) in [4.78, 5) is 13.9. The lowest BCUT2D eigenvalue weighted by Crippen LogP contribution is -2.42. The van der Waals surface area contributed by atoms with Gasteiger partial charge < -0.3 is 4.90 Å². The van der Waals surface area contributed by atoms with Crippen LogP contribution in [0.2, 0.25) is 0 Å². The SMILES string of the molecule is CCC1(CN2CCC(=O)C(C)C2)CC1. The Bertz CT molecular complexity index is 232. The quantitative estimate of drug-likeness (QED) is 0.687. The first kappa shape index (κ1) is 10.2. The maximum Gasteiger partial charge on any atom is 0.138 e. The van der Waals surface area contributed by atoms with Crippen LogP contribution in [0.15, 0.2) is 0 Å². The number of Topliss-reactive ketones (excluding diaryl/α,β-unsaturated/α-hetero) is 1. The summed E-state index contributed by atoms with van der Waals surface area (Å²) in [6, 6.07) is 0. The van der Waals surface area contributed by atoms with Crippen molar-refractivity contribution >= 4 is 5.78 Å². The van der Waals surface area contributed by atoms with Gasteiger partial charge in [-0.1, -0.05) is 13.8 Å². The highest BCUT2D eigenvalue weighted by atomic mass is 16.1. The summed E-state index contributed by atoms with van der Waals surface area (Å²) < 4.78 is 0. The summed E-state index contributed by atoms with van der Waals surface area (Å²) in [5.74, 6) is 0.735. The van der Waals surface area contributed by atoms with E-state index in [0.29, 0.717) is 11.2 Å². The third-order valence-electron chi connectivity index (χ3n) is 4.02. The van der Waals surface area contributed by atoms with Gasteiger partial charge in [0.25, 0.3) is 0 Å². The number of piperidine rings is 1. The third-order valence-corrected chi connectivity index (χ3v) is 4.02. The van der Waals surface area contributed by atoms with Gasteiger partial charge in [-0.2, -0.15) is 0 Å². The number of ketones is 1. The van der Waals surface area contributed by atoms with Crippen molar-refractivity contribution in [3.8, 4) is 0 Å². The molecule has 1 aliphatic heterocycles. The van der Waals surface area contributed by atoms with E-state index in [4.69, 9.17) is 0 Å². The summed E-state index contributed by atoms with van der Waals surface area (Å²) in [5.41, 5.74) is 0.639. The lowest BCUT2D eigenvalue weighted by Gasteiger charge is -2.32. The van der Waals surface area contributed by atoms with Gasteiger partial charge in [0.15, 0.2) is 0 Å². The Balaban J connectivity index is 1.85. The van der Waals surface area contributed by atoms with Crippen LogP contribution >= 0.6 is 0 Å². The second-order valence-corrected chi connectivity index (χ2v) is 5.21. The molecule has 1 aliphatic carbocycles. The molecule has 2 heteroatoms. The Hall–Kier alpha value is -0.370. The third kappa shape index (κ3) is 2.00. The van der Waals surface area contributed by atoms with Crippen LogP contribution in [0.3, 0.4) is 0 Å². The highest BCUT2D eigenvalue weighted by Gasteiger charge is 2.42. The molecule has 0 radical (unpaired) electrons. The van der Waals surface area contributed by atoms with Gasteiger partial charge in [-0.05, 0) is 24.7 Å². The van der Waals surface area contributed by atoms with Crippen molar-refractivity contribution in [2.45, 2.75) is 39.5 Å². The lowest BCUT2D eigenvalue weighted by atomic mass is 9.96. The molecule has 2 rings (SSSR count). The van der Waals surface area contributed by atoms with E-state index in [1.165, 1.54) is 25.8 Å². The van der Waals surface area contributed by atoms with Crippen molar-refractivity contribution in [2.75, 3.05) is 19.6 Å². The normalized spacial score (nSPS) is 31.9. The van der Waals surface area contributed by atoms with Crippen LogP contribution in [0.4, 0.5) is 0 Å². The van der Waals surface area contributed by atoms with Crippen molar-refractivity contribution < 1.29 is 4.79 Å². The molecule has 2 nitrogen and oxygen atoms in total. The fraction of sp³-hybridized carbons (Fsp3) is 0.917. The van der Waals surface area contributed by atoms with E-state index >= 15 is 0 Å². The molecule has 80 valence electrons. The Morgan fingerprint density at radius 1 is 1.50 bits per heavy atom. The first-order chi connectivity index (χ1) is 6.65. The van der Waals surface area contributed by atoms with Crippen LogP contribution in [0.25, 0.3) is 0 Å². The molecule has 0 spiro atoms. The summed E-state index contributed by atoms with van der Waals surface area (Å²) in [7, 11) is 0. The van der Waals surface area contributed by atoms with Crippen molar-refractivity contribution in [1.82, 2.24) is 4.90 Å². The minimum atomic E-state index is 0.274. The second kappa shape index (κ2) is 3.65. The van der Waals surface area contributed by atoms with E-state index in [0.717, 1.165) is 19.5 Å². The molecule has 1 saturated heterocycles. The van der Waals surface area contributed by atoms with Crippen LogP contribution in [-0.4, -0.2) is 30.3 Å². The predicted molar refractivity (Wildman–Crippen MR) is 57.2 cm³/mol. The van der Waals surface area contributed by atoms with Gasteiger partial charge in [0.05, 0.1) is 0 Å². The van der Waals surface area contributed by atoms with Gasteiger partial charge in [0, 0.05) is 32.0 Å². The Morgan fingerprint density at radius 2 is 2.21 bits per heavy atom. The smallest absolute Gasteiger partial charge is 0.138 e. The van der Waals surface area contributed by atoms with E-state index in [1.807, 2.05) is 0 Å². The molecule has 2 fully saturated rings. The topological polar surface area (TPSA) is 20.3 Å². The van der Waals surface area contributed by atoms with E-state index in [9.17, 15) is 4.79 Å². The van der Waals surface area contributed by atoms with Crippen molar-refractivity contribution in [3.05, 3.63) is 0 Å². The molecule has 14 heavy (non-hydrogen) atoms. The predicted octanol–water partition coefficient (Wildman–Crippen LogP) is 2.09. The second-order valence-electron chi connectivity index (χ2n) is 5.21. The van der Waals surface area contributed by atoms with Gasteiger partial charge >= 0.3 is 0 Å². The van der Waals surface area contributed by atoms with E-state index < -0.39 is 0 Å². The van der Waals surface area contributed by atoms with Crippen LogP contribution in [0.1, 0.15) is 39.5 Å². The van der Waals surface area contributed by atoms with Gasteiger partial charge in [0.1, 0.15) is 5.78 Å². The van der Waals surface area contributed by atoms with Crippen LogP contribution in [-0.2, 0) is 4.79 Å². The molecular weight excluding hydrogens is 174 g/mol. The Morgan fingerprint density at radius 3 is 2.71 bits per heavy atom. The zero-order chi connectivity index (χ0) is 10.2. The van der Waals surface area contributed by atoms with Crippen molar-refractivity contribution in [3.63, 3.8) is 0 Å². The molecule has 0 aromatic heterocycles. The number of nitrogens with zero attached hydrogens (tertiary/aromatic N) is 1. The fourth-order valence-electron chi connectivity index (χ4n) is 2.51. The molecule has 1 heterocycles. The average molecular weight is 195 g/mol. The maximum absolute atomic E-state index is 11.4. The number of hydrogen-bond acceptors (Lipinski definition) is 2. The minimum Gasteiger partial charge on any atom is -0.302 e. The van der Waals surface area contributed by atoms with Gasteiger partial charge in [-0.3, -0.25) is 4.79 Å². The zero-order valence-corrected chi connectivity index (χ0v) is 9.38. The average Bonchev–Trinajstić information content (AvgIpc) is 2.93. The standard InChI is InChI=1S/C12H21NO/c1-3-12(5-6-12)9-13-7-4-11(14)10(2)8-13/h10H,3-9H2,1-2H3. The van der Waals surface area contributed by atoms with Crippen molar-refractivity contribution in [1.29, 1.82) is 0 Å². The molecule has 0 aromatic carbocycles. The van der Waals surface area contributed by atoms with E-state index in [-0.39, 0.29) is 5.92 Å². The Kier molecular flexibility index (Phi) is 2.65. The summed E-state index contributed by atoms with van der Waals surface area (Å²) in [6.07, 6.45) is 4.90. The number of hydrogen-bond donors (Lipinski definition) is 0. The van der Waals surface area contributed by atoms with Crippen LogP contribution < -0.4 is 0 Å². The van der Waals surface area contributed by atoms with E-state index in [2.05, 4.69) is 18.7 Å². The number of rotatable bonds is 3. The van der Waals surface area contributed by atoms with Gasteiger partial charge in [-0.25, -0.2) is 0 Å². The van der Waals surface area contributed by atoms with Gasteiger partial charge in [0.2, 0.25) is 0 Å². The van der Waals surface area contributed by atoms with Gasteiger partial charge in [-0.15, -0.1) is 0 Å². The molecule has 0 N–H and O–H groups in total. The number of carbonyl (C=O) groups is 1. The first-order valence-corrected chi connectivity index (χ1v) is 5.90. The molecule has 1 atom stereocenters. The fourth-order valence-corrected chi connectivity index (χ4v) is 2.51. The van der Waals surface area contributed by atoms with Crippen LogP contribution in [0, 0.1) is 11.3 Å². The molecular formula is C12H21NO. The van der Waals surface area contributed by atoms with E-state index in [1.54, 1.807) is 0 Å². The maximum atomic E-state index is 11.4. The Labute approximate surface area is 86.7 Å². The number of carbonyl (C=O) groups excluding carboxylic acids is 1. The highest BCUT2D eigenvalue weighted by molar-refractivity contribution is 5.81. The lowest BCUT2D eigenvalue weighted by molar-refractivity contribution is -0.125. The summed E-state index contributed by atoms with van der Waals surface area (Å²) >= 11 is 0. The largest absolute Gasteiger partial charge is 0.302 e. The van der Waals surface area contributed by atoms with Crippen molar-refractivity contribution in [2.24, 2.45) is 11.3 Å². The van der Waals surface area contributed by atoms with Crippen LogP contribution in [0.5, 0.6) is 0 Å². The highest BCUT2D eigenvalue weighted by Crippen LogP contribution is 2.49. The monoisotopic (exact) mass is 195 g/mol. The minimum absolute atomic E-state index is 0.274. The first-order valence-electron chi connectivity index (χ1n) is 5.90. The molecule has 0 amide bonds. The molecule has 1 saturated carbocycles. The zero-order valence-electron chi connectivity index (χ0n) is 9.38.